The Labute approximate surface area is 230 Å². The molecule has 2 aromatic carbocycles. The maximum absolute atomic E-state index is 13.9. The fourth-order valence-corrected chi connectivity index (χ4v) is 5.33. The number of terminal acetylenes is 1. The van der Waals surface area contributed by atoms with Crippen molar-refractivity contribution in [2.24, 2.45) is 4.99 Å². The zero-order valence-electron chi connectivity index (χ0n) is 22.5. The van der Waals surface area contributed by atoms with Crippen LogP contribution in [-0.2, 0) is 9.53 Å². The van der Waals surface area contributed by atoms with Crippen molar-refractivity contribution < 1.29 is 23.7 Å². The number of methoxy groups -OCH3 is 1. The number of fused-ring (bicyclic) bond motifs is 1. The molecule has 0 amide bonds. The molecule has 0 saturated carbocycles. The van der Waals surface area contributed by atoms with Crippen LogP contribution in [0.15, 0.2) is 63.5 Å². The molecule has 1 aliphatic heterocycles. The minimum Gasteiger partial charge on any atom is -0.493 e. The number of hydrogen-bond donors (Lipinski definition) is 0. The van der Waals surface area contributed by atoms with Crippen molar-refractivity contribution in [1.29, 1.82) is 0 Å². The first-order valence-electron chi connectivity index (χ1n) is 12.5. The van der Waals surface area contributed by atoms with Crippen LogP contribution in [0.25, 0.3) is 6.08 Å². The molecule has 39 heavy (non-hydrogen) atoms. The molecule has 1 aliphatic rings. The molecule has 8 nitrogen and oxygen atoms in total. The number of allylic oxidation sites excluding steroid dienone is 1. The molecule has 3 aromatic rings. The molecule has 1 atom stereocenters. The van der Waals surface area contributed by atoms with E-state index in [1.807, 2.05) is 32.0 Å². The van der Waals surface area contributed by atoms with Crippen LogP contribution in [0.4, 0.5) is 0 Å². The highest BCUT2D eigenvalue weighted by Crippen LogP contribution is 2.36. The average molecular weight is 547 g/mol. The fraction of sp³-hybridized carbons (Fsp3) is 0.300. The Morgan fingerprint density at radius 2 is 2.03 bits per heavy atom. The summed E-state index contributed by atoms with van der Waals surface area (Å²) < 4.78 is 24.4. The van der Waals surface area contributed by atoms with Gasteiger partial charge >= 0.3 is 5.97 Å². The SMILES string of the molecule is C#CCOc1cccc(/C=c2/sc3n(c2=O)[C@H](c2ccc(OC(C)C)c(OC)c2)C(C(=O)OCC)=C(C)N=3)c1. The molecule has 0 unspecified atom stereocenters. The summed E-state index contributed by atoms with van der Waals surface area (Å²) in [6, 6.07) is 11.9. The van der Waals surface area contributed by atoms with E-state index in [4.69, 9.17) is 25.4 Å². The lowest BCUT2D eigenvalue weighted by Crippen LogP contribution is -2.40. The van der Waals surface area contributed by atoms with Gasteiger partial charge in [-0.05, 0) is 69.2 Å². The highest BCUT2D eigenvalue weighted by atomic mass is 32.1. The van der Waals surface area contributed by atoms with Crippen molar-refractivity contribution in [3.63, 3.8) is 0 Å². The molecule has 0 N–H and O–H groups in total. The quantitative estimate of drug-likeness (QED) is 0.301. The van der Waals surface area contributed by atoms with E-state index in [1.54, 1.807) is 51.3 Å². The number of benzene rings is 2. The third-order valence-corrected chi connectivity index (χ3v) is 6.84. The van der Waals surface area contributed by atoms with Crippen LogP contribution in [0.5, 0.6) is 17.2 Å². The summed E-state index contributed by atoms with van der Waals surface area (Å²) in [4.78, 5) is 32.1. The van der Waals surface area contributed by atoms with Gasteiger partial charge < -0.3 is 18.9 Å². The zero-order valence-corrected chi connectivity index (χ0v) is 23.3. The van der Waals surface area contributed by atoms with Gasteiger partial charge in [-0.2, -0.15) is 0 Å². The van der Waals surface area contributed by atoms with Crippen LogP contribution in [0.2, 0.25) is 0 Å². The fourth-order valence-electron chi connectivity index (χ4n) is 4.28. The molecule has 0 spiro atoms. The van der Waals surface area contributed by atoms with Crippen molar-refractivity contribution in [1.82, 2.24) is 4.57 Å². The Bertz CT molecular complexity index is 1640. The van der Waals surface area contributed by atoms with Gasteiger partial charge in [-0.1, -0.05) is 35.5 Å². The molecule has 0 saturated heterocycles. The number of rotatable bonds is 9. The van der Waals surface area contributed by atoms with Gasteiger partial charge in [0.1, 0.15) is 12.4 Å². The Kier molecular flexibility index (Phi) is 8.57. The molecule has 0 bridgehead atoms. The minimum atomic E-state index is -0.769. The van der Waals surface area contributed by atoms with E-state index in [1.165, 1.54) is 15.9 Å². The summed E-state index contributed by atoms with van der Waals surface area (Å²) in [5.41, 5.74) is 1.93. The maximum Gasteiger partial charge on any atom is 0.338 e. The molecular formula is C30H30N2O6S. The van der Waals surface area contributed by atoms with E-state index in [0.717, 1.165) is 5.56 Å². The van der Waals surface area contributed by atoms with Gasteiger partial charge in [0.2, 0.25) is 0 Å². The Hall–Kier alpha value is -4.29. The van der Waals surface area contributed by atoms with E-state index in [0.29, 0.717) is 43.4 Å². The number of aromatic nitrogens is 1. The number of nitrogens with zero attached hydrogens (tertiary/aromatic N) is 2. The van der Waals surface area contributed by atoms with Crippen LogP contribution in [0.1, 0.15) is 44.9 Å². The smallest absolute Gasteiger partial charge is 0.338 e. The predicted octanol–water partition coefficient (Wildman–Crippen LogP) is 3.61. The Morgan fingerprint density at radius 3 is 2.72 bits per heavy atom. The van der Waals surface area contributed by atoms with Crippen LogP contribution >= 0.6 is 11.3 Å². The molecule has 0 aliphatic carbocycles. The van der Waals surface area contributed by atoms with Crippen molar-refractivity contribution >= 4 is 23.4 Å². The number of carbonyl (C=O) groups is 1. The summed E-state index contributed by atoms with van der Waals surface area (Å²) >= 11 is 1.24. The summed E-state index contributed by atoms with van der Waals surface area (Å²) in [6.45, 7) is 7.66. The van der Waals surface area contributed by atoms with Gasteiger partial charge in [-0.15, -0.1) is 6.42 Å². The van der Waals surface area contributed by atoms with Crippen molar-refractivity contribution in [2.75, 3.05) is 20.3 Å². The third kappa shape index (κ3) is 5.91. The summed E-state index contributed by atoms with van der Waals surface area (Å²) in [5, 5.41) is 0. The van der Waals surface area contributed by atoms with Gasteiger partial charge in [-0.3, -0.25) is 9.36 Å². The molecule has 1 aromatic heterocycles. The molecule has 2 heterocycles. The van der Waals surface area contributed by atoms with Crippen molar-refractivity contribution in [3.8, 4) is 29.6 Å². The number of esters is 1. The number of hydrogen-bond acceptors (Lipinski definition) is 8. The van der Waals surface area contributed by atoms with Crippen LogP contribution in [0, 0.1) is 12.3 Å². The number of ether oxygens (including phenoxy) is 4. The molecule has 0 radical (unpaired) electrons. The summed E-state index contributed by atoms with van der Waals surface area (Å²) in [6.07, 6.45) is 7.01. The highest BCUT2D eigenvalue weighted by molar-refractivity contribution is 7.07. The monoisotopic (exact) mass is 546 g/mol. The van der Waals surface area contributed by atoms with Crippen LogP contribution in [-0.4, -0.2) is 37.0 Å². The van der Waals surface area contributed by atoms with E-state index >= 15 is 0 Å². The first-order valence-corrected chi connectivity index (χ1v) is 13.3. The molecular weight excluding hydrogens is 516 g/mol. The molecule has 9 heteroatoms. The minimum absolute atomic E-state index is 0.0601. The Morgan fingerprint density at radius 1 is 1.23 bits per heavy atom. The van der Waals surface area contributed by atoms with E-state index in [2.05, 4.69) is 10.9 Å². The summed E-state index contributed by atoms with van der Waals surface area (Å²) in [7, 11) is 1.55. The second kappa shape index (κ2) is 12.0. The van der Waals surface area contributed by atoms with Gasteiger partial charge in [0.15, 0.2) is 16.3 Å². The second-order valence-electron chi connectivity index (χ2n) is 8.94. The first kappa shape index (κ1) is 27.7. The average Bonchev–Trinajstić information content (AvgIpc) is 3.21. The number of thiazole rings is 1. The highest BCUT2D eigenvalue weighted by Gasteiger charge is 2.34. The largest absolute Gasteiger partial charge is 0.493 e. The molecule has 4 rings (SSSR count). The predicted molar refractivity (Wildman–Crippen MR) is 150 cm³/mol. The normalized spacial score (nSPS) is 14.9. The molecule has 202 valence electrons. The second-order valence-corrected chi connectivity index (χ2v) is 9.95. The lowest BCUT2D eigenvalue weighted by Gasteiger charge is -2.25. The van der Waals surface area contributed by atoms with Crippen LogP contribution < -0.4 is 29.1 Å². The third-order valence-electron chi connectivity index (χ3n) is 5.86. The van der Waals surface area contributed by atoms with Gasteiger partial charge in [0, 0.05) is 0 Å². The van der Waals surface area contributed by atoms with Crippen molar-refractivity contribution in [3.05, 3.63) is 84.5 Å². The maximum atomic E-state index is 13.9. The van der Waals surface area contributed by atoms with E-state index < -0.39 is 12.0 Å². The van der Waals surface area contributed by atoms with Gasteiger partial charge in [-0.25, -0.2) is 9.79 Å². The standard InChI is InChI=1S/C30H30N2O6S/c1-7-14-37-22-11-9-10-20(15-22)16-25-28(33)32-27(21-12-13-23(38-18(3)4)24(17-21)35-6)26(29(34)36-8-2)19(5)31-30(32)39-25/h1,9-13,15-18,27H,8,14H2,2-6H3/b25-16+/t27-/m1/s1. The summed E-state index contributed by atoms with van der Waals surface area (Å²) in [5.74, 6) is 3.56. The van der Waals surface area contributed by atoms with Crippen LogP contribution in [0.3, 0.4) is 0 Å². The Balaban J connectivity index is 1.90. The first-order chi connectivity index (χ1) is 18.8. The van der Waals surface area contributed by atoms with Gasteiger partial charge in [0.05, 0.1) is 41.7 Å². The van der Waals surface area contributed by atoms with E-state index in [-0.39, 0.29) is 24.9 Å². The van der Waals surface area contributed by atoms with E-state index in [9.17, 15) is 9.59 Å². The number of carbonyl (C=O) groups excluding carboxylic acids is 1. The molecule has 0 fully saturated rings. The lowest BCUT2D eigenvalue weighted by molar-refractivity contribution is -0.139. The lowest BCUT2D eigenvalue weighted by atomic mass is 9.95. The van der Waals surface area contributed by atoms with Gasteiger partial charge in [0.25, 0.3) is 5.56 Å². The topological polar surface area (TPSA) is 88.3 Å². The van der Waals surface area contributed by atoms with Crippen molar-refractivity contribution in [2.45, 2.75) is 39.8 Å². The zero-order chi connectivity index (χ0) is 28.1.